The molecule has 2 aromatic rings. The normalized spacial score (nSPS) is 18.3. The van der Waals surface area contributed by atoms with Crippen molar-refractivity contribution >= 4 is 22.6 Å². The molecule has 1 amide bonds. The topological polar surface area (TPSA) is 45.7 Å². The molecule has 130 valence electrons. The lowest BCUT2D eigenvalue weighted by atomic mass is 10.0. The molecule has 25 heavy (non-hydrogen) atoms. The summed E-state index contributed by atoms with van der Waals surface area (Å²) in [7, 11) is 2.09. The highest BCUT2D eigenvalue weighted by atomic mass is 16.5. The molecule has 0 saturated carbocycles. The Morgan fingerprint density at radius 2 is 1.96 bits per heavy atom. The van der Waals surface area contributed by atoms with Crippen LogP contribution in [0.5, 0.6) is 0 Å². The van der Waals surface area contributed by atoms with Crippen LogP contribution >= 0.6 is 0 Å². The van der Waals surface area contributed by atoms with Crippen LogP contribution in [0.15, 0.2) is 30.3 Å². The van der Waals surface area contributed by atoms with E-state index in [1.54, 1.807) is 0 Å². The summed E-state index contributed by atoms with van der Waals surface area (Å²) in [6, 6.07) is 7.98. The number of pyridine rings is 1. The molecule has 5 nitrogen and oxygen atoms in total. The monoisotopic (exact) mass is 337 g/mol. The molecule has 0 radical (unpaired) electrons. The maximum Gasteiger partial charge on any atom is 0.254 e. The summed E-state index contributed by atoms with van der Waals surface area (Å²) in [4.78, 5) is 22.1. The Morgan fingerprint density at radius 1 is 1.16 bits per heavy atom. The molecule has 2 aliphatic heterocycles. The number of piperazine rings is 1. The average Bonchev–Trinajstić information content (AvgIpc) is 3.15. The van der Waals surface area contributed by atoms with Crippen LogP contribution in [0.4, 0.5) is 0 Å². The number of hydrogen-bond donors (Lipinski definition) is 0. The molecule has 1 fully saturated rings. The predicted molar refractivity (Wildman–Crippen MR) is 98.4 cm³/mol. The third-order valence-corrected chi connectivity index (χ3v) is 4.94. The molecule has 0 aliphatic carbocycles. The number of ether oxygens (including phenoxy) is 1. The SMILES string of the molecule is Cc1ccc2nc(C3=CCCO3)cc(C(=O)N3CCN(C)CC3)c2c1. The van der Waals surface area contributed by atoms with Crippen molar-refractivity contribution in [1.29, 1.82) is 0 Å². The van der Waals surface area contributed by atoms with Gasteiger partial charge in [0.2, 0.25) is 0 Å². The quantitative estimate of drug-likeness (QED) is 0.845. The van der Waals surface area contributed by atoms with Crippen LogP contribution in [-0.2, 0) is 4.74 Å². The van der Waals surface area contributed by atoms with Crippen LogP contribution in [0.2, 0.25) is 0 Å². The summed E-state index contributed by atoms with van der Waals surface area (Å²) in [6.07, 6.45) is 2.94. The molecule has 0 unspecified atom stereocenters. The van der Waals surface area contributed by atoms with Crippen LogP contribution < -0.4 is 0 Å². The third-order valence-electron chi connectivity index (χ3n) is 4.94. The summed E-state index contributed by atoms with van der Waals surface area (Å²) in [6.45, 7) is 6.08. The molecule has 0 bridgehead atoms. The first-order valence-electron chi connectivity index (χ1n) is 8.84. The number of fused-ring (bicyclic) bond motifs is 1. The van der Waals surface area contributed by atoms with Crippen molar-refractivity contribution in [2.75, 3.05) is 39.8 Å². The summed E-state index contributed by atoms with van der Waals surface area (Å²) in [5, 5.41) is 0.922. The highest BCUT2D eigenvalue weighted by Crippen LogP contribution is 2.27. The van der Waals surface area contributed by atoms with Gasteiger partial charge in [0, 0.05) is 38.0 Å². The smallest absolute Gasteiger partial charge is 0.254 e. The Hall–Kier alpha value is -2.40. The molecule has 3 heterocycles. The fourth-order valence-corrected chi connectivity index (χ4v) is 3.42. The molecule has 5 heteroatoms. The van der Waals surface area contributed by atoms with E-state index in [4.69, 9.17) is 9.72 Å². The van der Waals surface area contributed by atoms with Gasteiger partial charge in [-0.25, -0.2) is 4.98 Å². The Labute approximate surface area is 147 Å². The second kappa shape index (κ2) is 6.48. The summed E-state index contributed by atoms with van der Waals surface area (Å²) < 4.78 is 5.67. The van der Waals surface area contributed by atoms with E-state index in [-0.39, 0.29) is 5.91 Å². The molecule has 1 aromatic carbocycles. The van der Waals surface area contributed by atoms with Gasteiger partial charge in [-0.3, -0.25) is 4.79 Å². The number of hydrogen-bond acceptors (Lipinski definition) is 4. The van der Waals surface area contributed by atoms with E-state index in [1.165, 1.54) is 0 Å². The second-order valence-electron chi connectivity index (χ2n) is 6.88. The number of nitrogens with zero attached hydrogens (tertiary/aromatic N) is 3. The van der Waals surface area contributed by atoms with E-state index in [0.29, 0.717) is 6.61 Å². The Balaban J connectivity index is 1.79. The van der Waals surface area contributed by atoms with Gasteiger partial charge in [-0.15, -0.1) is 0 Å². The standard InChI is InChI=1S/C20H23N3O2/c1-14-5-6-17-15(12-14)16(13-18(21-17)19-4-3-11-25-19)20(24)23-9-7-22(2)8-10-23/h4-6,12-13H,3,7-11H2,1-2H3. The molecule has 2 aliphatic rings. The highest BCUT2D eigenvalue weighted by Gasteiger charge is 2.24. The fourth-order valence-electron chi connectivity index (χ4n) is 3.42. The predicted octanol–water partition coefficient (Wildman–Crippen LogP) is 2.69. The lowest BCUT2D eigenvalue weighted by Crippen LogP contribution is -2.47. The van der Waals surface area contributed by atoms with Crippen molar-refractivity contribution in [2.24, 2.45) is 0 Å². The van der Waals surface area contributed by atoms with Crippen LogP contribution in [0.25, 0.3) is 16.7 Å². The summed E-state index contributed by atoms with van der Waals surface area (Å²) >= 11 is 0. The van der Waals surface area contributed by atoms with E-state index in [1.807, 2.05) is 36.1 Å². The van der Waals surface area contributed by atoms with Gasteiger partial charge in [0.25, 0.3) is 5.91 Å². The average molecular weight is 337 g/mol. The molecule has 1 saturated heterocycles. The molecule has 4 rings (SSSR count). The van der Waals surface area contributed by atoms with Crippen LogP contribution in [0.3, 0.4) is 0 Å². The second-order valence-corrected chi connectivity index (χ2v) is 6.88. The molecule has 0 spiro atoms. The van der Waals surface area contributed by atoms with E-state index < -0.39 is 0 Å². The summed E-state index contributed by atoms with van der Waals surface area (Å²) in [5.41, 5.74) is 3.46. The van der Waals surface area contributed by atoms with Crippen LogP contribution in [-0.4, -0.2) is 60.5 Å². The minimum Gasteiger partial charge on any atom is -0.491 e. The van der Waals surface area contributed by atoms with E-state index in [2.05, 4.69) is 18.0 Å². The van der Waals surface area contributed by atoms with Gasteiger partial charge in [0.15, 0.2) is 0 Å². The van der Waals surface area contributed by atoms with Gasteiger partial charge in [-0.2, -0.15) is 0 Å². The van der Waals surface area contributed by atoms with Crippen molar-refractivity contribution in [3.05, 3.63) is 47.2 Å². The van der Waals surface area contributed by atoms with Gasteiger partial charge in [-0.05, 0) is 38.2 Å². The third kappa shape index (κ3) is 3.12. The number of likely N-dealkylation sites (N-methyl/N-ethyl adjacent to an activating group) is 1. The number of carbonyl (C=O) groups excluding carboxylic acids is 1. The Morgan fingerprint density at radius 3 is 2.68 bits per heavy atom. The zero-order valence-electron chi connectivity index (χ0n) is 14.8. The highest BCUT2D eigenvalue weighted by molar-refractivity contribution is 6.07. The zero-order chi connectivity index (χ0) is 17.4. The molecule has 0 N–H and O–H groups in total. The van der Waals surface area contributed by atoms with Gasteiger partial charge in [0.05, 0.1) is 17.7 Å². The first-order valence-corrected chi connectivity index (χ1v) is 8.84. The van der Waals surface area contributed by atoms with Crippen LogP contribution in [0, 0.1) is 6.92 Å². The van der Waals surface area contributed by atoms with Crippen molar-refractivity contribution in [2.45, 2.75) is 13.3 Å². The largest absolute Gasteiger partial charge is 0.491 e. The van der Waals surface area contributed by atoms with Gasteiger partial charge >= 0.3 is 0 Å². The lowest BCUT2D eigenvalue weighted by molar-refractivity contribution is 0.0666. The van der Waals surface area contributed by atoms with Gasteiger partial charge in [-0.1, -0.05) is 11.6 Å². The van der Waals surface area contributed by atoms with E-state index in [9.17, 15) is 4.79 Å². The molecular weight excluding hydrogens is 314 g/mol. The van der Waals surface area contributed by atoms with Crippen molar-refractivity contribution < 1.29 is 9.53 Å². The molecular formula is C20H23N3O2. The molecule has 0 atom stereocenters. The number of aromatic nitrogens is 1. The number of aryl methyl sites for hydroxylation is 1. The lowest BCUT2D eigenvalue weighted by Gasteiger charge is -2.32. The van der Waals surface area contributed by atoms with E-state index in [0.717, 1.165) is 66.1 Å². The first-order chi connectivity index (χ1) is 12.1. The van der Waals surface area contributed by atoms with Crippen LogP contribution in [0.1, 0.15) is 28.0 Å². The van der Waals surface area contributed by atoms with Crippen molar-refractivity contribution in [3.63, 3.8) is 0 Å². The zero-order valence-corrected chi connectivity index (χ0v) is 14.8. The van der Waals surface area contributed by atoms with Gasteiger partial charge in [0.1, 0.15) is 11.5 Å². The van der Waals surface area contributed by atoms with Gasteiger partial charge < -0.3 is 14.5 Å². The van der Waals surface area contributed by atoms with Crippen molar-refractivity contribution in [3.8, 4) is 0 Å². The summed E-state index contributed by atoms with van der Waals surface area (Å²) in [5.74, 6) is 0.876. The Kier molecular flexibility index (Phi) is 4.17. The Bertz CT molecular complexity index is 851. The number of benzene rings is 1. The number of rotatable bonds is 2. The minimum atomic E-state index is 0.0888. The number of amides is 1. The first kappa shape index (κ1) is 16.1. The maximum atomic E-state index is 13.2. The number of carbonyl (C=O) groups is 1. The molecule has 1 aromatic heterocycles. The minimum absolute atomic E-state index is 0.0888. The fraction of sp³-hybridized carbons (Fsp3) is 0.400. The van der Waals surface area contributed by atoms with Crippen molar-refractivity contribution in [1.82, 2.24) is 14.8 Å². The maximum absolute atomic E-state index is 13.2. The van der Waals surface area contributed by atoms with E-state index >= 15 is 0 Å².